The average Bonchev–Trinajstić information content (AvgIpc) is 3.57. The Morgan fingerprint density at radius 1 is 0.932 bits per heavy atom. The quantitative estimate of drug-likeness (QED) is 0.107. The molecule has 0 radical (unpaired) electrons. The summed E-state index contributed by atoms with van der Waals surface area (Å²) in [6.45, 7) is 4.60. The molecule has 0 aliphatic carbocycles. The second-order valence-electron chi connectivity index (χ2n) is 10.3. The molecule has 1 saturated heterocycles. The number of aromatic nitrogens is 1. The van der Waals surface area contributed by atoms with E-state index in [1.807, 2.05) is 62.4 Å². The number of ketones is 1. The van der Waals surface area contributed by atoms with Crippen LogP contribution in [0.4, 0.5) is 5.13 Å². The van der Waals surface area contributed by atoms with E-state index in [2.05, 4.69) is 0 Å². The van der Waals surface area contributed by atoms with Crippen molar-refractivity contribution in [3.63, 3.8) is 0 Å². The molecule has 1 aliphatic heterocycles. The molecule has 4 aromatic carbocycles. The Hall–Kier alpha value is -5.15. The lowest BCUT2D eigenvalue weighted by atomic mass is 9.95. The Morgan fingerprint density at radius 2 is 1.75 bits per heavy atom. The van der Waals surface area contributed by atoms with Gasteiger partial charge in [0, 0.05) is 5.56 Å². The number of fused-ring (bicyclic) bond motifs is 1. The molecule has 1 N–H and O–H groups in total. The average molecular weight is 607 g/mol. The number of amides is 1. The lowest BCUT2D eigenvalue weighted by molar-refractivity contribution is -0.132. The Balaban J connectivity index is 1.48. The van der Waals surface area contributed by atoms with Gasteiger partial charge in [0.25, 0.3) is 5.78 Å². The molecule has 1 aliphatic rings. The van der Waals surface area contributed by atoms with E-state index in [1.54, 1.807) is 42.5 Å². The van der Waals surface area contributed by atoms with Gasteiger partial charge in [0.05, 0.1) is 35.5 Å². The van der Waals surface area contributed by atoms with E-state index in [1.165, 1.54) is 23.3 Å². The van der Waals surface area contributed by atoms with Crippen molar-refractivity contribution in [3.8, 4) is 17.2 Å². The first kappa shape index (κ1) is 28.9. The smallest absolute Gasteiger partial charge is 0.301 e. The van der Waals surface area contributed by atoms with Crippen LogP contribution in [0.3, 0.4) is 0 Å². The molecule has 5 aromatic rings. The molecule has 0 bridgehead atoms. The number of ether oxygens (including phenoxy) is 3. The number of methoxy groups -OCH3 is 1. The van der Waals surface area contributed by atoms with Crippen LogP contribution in [0.5, 0.6) is 17.2 Å². The molecule has 9 heteroatoms. The number of aliphatic hydroxyl groups excluding tert-OH is 1. The van der Waals surface area contributed by atoms with E-state index in [9.17, 15) is 14.7 Å². The summed E-state index contributed by atoms with van der Waals surface area (Å²) in [5.74, 6) is -0.452. The van der Waals surface area contributed by atoms with E-state index in [-0.39, 0.29) is 11.3 Å². The molecule has 1 amide bonds. The van der Waals surface area contributed by atoms with Crippen molar-refractivity contribution in [1.29, 1.82) is 0 Å². The van der Waals surface area contributed by atoms with Gasteiger partial charge in [-0.15, -0.1) is 0 Å². The van der Waals surface area contributed by atoms with Crippen LogP contribution in [-0.4, -0.2) is 35.5 Å². The molecule has 0 saturated carbocycles. The van der Waals surface area contributed by atoms with Crippen molar-refractivity contribution < 1.29 is 28.9 Å². The molecule has 222 valence electrons. The van der Waals surface area contributed by atoms with Crippen LogP contribution in [0.1, 0.15) is 35.2 Å². The van der Waals surface area contributed by atoms with Gasteiger partial charge in [-0.1, -0.05) is 65.9 Å². The number of anilines is 1. The molecule has 8 nitrogen and oxygen atoms in total. The van der Waals surface area contributed by atoms with Crippen LogP contribution < -0.4 is 19.1 Å². The van der Waals surface area contributed by atoms with Crippen LogP contribution in [0.2, 0.25) is 0 Å². The van der Waals surface area contributed by atoms with E-state index < -0.39 is 17.7 Å². The van der Waals surface area contributed by atoms with E-state index in [0.717, 1.165) is 15.8 Å². The van der Waals surface area contributed by atoms with E-state index in [4.69, 9.17) is 19.2 Å². The number of aryl methyl sites for hydroxylation is 1. The fourth-order valence-corrected chi connectivity index (χ4v) is 6.32. The first-order valence-electron chi connectivity index (χ1n) is 14.1. The minimum absolute atomic E-state index is 0.0564. The third-order valence-corrected chi connectivity index (χ3v) is 8.36. The zero-order chi connectivity index (χ0) is 30.8. The highest BCUT2D eigenvalue weighted by molar-refractivity contribution is 7.22. The SMILES string of the molecule is CCOc1cccc(/C(O)=C2\C(=O)C(=O)N(c3nc4ccc(C)cc4s3)C2c2ccc(OCc3ccccc3)c(OC)c2)c1. The Morgan fingerprint density at radius 3 is 2.52 bits per heavy atom. The summed E-state index contributed by atoms with van der Waals surface area (Å²) < 4.78 is 18.2. The van der Waals surface area contributed by atoms with Gasteiger partial charge in [-0.05, 0) is 66.9 Å². The summed E-state index contributed by atoms with van der Waals surface area (Å²) in [7, 11) is 1.53. The third-order valence-electron chi connectivity index (χ3n) is 7.34. The number of carbonyl (C=O) groups is 2. The molecular formula is C35H30N2O6S. The minimum atomic E-state index is -0.982. The molecule has 1 fully saturated rings. The number of rotatable bonds is 9. The molecule has 0 spiro atoms. The predicted molar refractivity (Wildman–Crippen MR) is 171 cm³/mol. The maximum atomic E-state index is 13.7. The van der Waals surface area contributed by atoms with Crippen LogP contribution in [0.15, 0.2) is 96.6 Å². The number of aliphatic hydroxyl groups is 1. The number of carbonyl (C=O) groups excluding carboxylic acids is 2. The number of benzene rings is 4. The van der Waals surface area contributed by atoms with Gasteiger partial charge in [0.1, 0.15) is 18.1 Å². The van der Waals surface area contributed by atoms with Gasteiger partial charge in [0.2, 0.25) is 0 Å². The zero-order valence-corrected chi connectivity index (χ0v) is 25.3. The fourth-order valence-electron chi connectivity index (χ4n) is 5.23. The van der Waals surface area contributed by atoms with Gasteiger partial charge in [-0.3, -0.25) is 14.5 Å². The lowest BCUT2D eigenvalue weighted by Crippen LogP contribution is -2.29. The second kappa shape index (κ2) is 12.2. The number of nitrogens with zero attached hydrogens (tertiary/aromatic N) is 2. The fraction of sp³-hybridized carbons (Fsp3) is 0.171. The summed E-state index contributed by atoms with van der Waals surface area (Å²) >= 11 is 1.31. The molecule has 6 rings (SSSR count). The molecule has 1 aromatic heterocycles. The Kier molecular flexibility index (Phi) is 8.04. The zero-order valence-electron chi connectivity index (χ0n) is 24.4. The molecule has 2 heterocycles. The summed E-state index contributed by atoms with van der Waals surface area (Å²) in [5, 5.41) is 12.0. The van der Waals surface area contributed by atoms with Crippen molar-refractivity contribution in [2.75, 3.05) is 18.6 Å². The van der Waals surface area contributed by atoms with Crippen molar-refractivity contribution in [1.82, 2.24) is 4.98 Å². The highest BCUT2D eigenvalue weighted by atomic mass is 32.1. The normalized spacial score (nSPS) is 16.0. The first-order valence-corrected chi connectivity index (χ1v) is 15.0. The lowest BCUT2D eigenvalue weighted by Gasteiger charge is -2.24. The standard InChI is InChI=1S/C35H30N2O6S/c1-4-42-25-12-8-11-24(18-25)32(38)30-31(23-14-16-27(28(19-23)41-3)43-20-22-9-6-5-7-10-22)37(34(40)33(30)39)35-36-26-15-13-21(2)17-29(26)44-35/h5-19,31,38H,4,20H2,1-3H3/b32-30+. The Bertz CT molecular complexity index is 1900. The minimum Gasteiger partial charge on any atom is -0.507 e. The van der Waals surface area contributed by atoms with Crippen LogP contribution in [0, 0.1) is 6.92 Å². The van der Waals surface area contributed by atoms with Gasteiger partial charge in [-0.2, -0.15) is 0 Å². The van der Waals surface area contributed by atoms with Crippen LogP contribution in [0.25, 0.3) is 16.0 Å². The van der Waals surface area contributed by atoms with E-state index >= 15 is 0 Å². The van der Waals surface area contributed by atoms with Crippen molar-refractivity contribution in [3.05, 3.63) is 119 Å². The predicted octanol–water partition coefficient (Wildman–Crippen LogP) is 7.22. The molecular weight excluding hydrogens is 576 g/mol. The highest BCUT2D eigenvalue weighted by Crippen LogP contribution is 2.46. The van der Waals surface area contributed by atoms with Gasteiger partial charge >= 0.3 is 5.91 Å². The van der Waals surface area contributed by atoms with Crippen molar-refractivity contribution in [2.45, 2.75) is 26.5 Å². The number of Topliss-reactive ketones (excluding diaryl/α,β-unsaturated/α-hetero) is 1. The largest absolute Gasteiger partial charge is 0.507 e. The van der Waals surface area contributed by atoms with Gasteiger partial charge in [0.15, 0.2) is 16.6 Å². The van der Waals surface area contributed by atoms with Crippen molar-refractivity contribution >= 4 is 44.1 Å². The Labute approximate surface area is 258 Å². The topological polar surface area (TPSA) is 98.2 Å². The summed E-state index contributed by atoms with van der Waals surface area (Å²) in [6, 6.07) is 26.6. The summed E-state index contributed by atoms with van der Waals surface area (Å²) in [5.41, 5.74) is 3.60. The van der Waals surface area contributed by atoms with Gasteiger partial charge < -0.3 is 19.3 Å². The maximum Gasteiger partial charge on any atom is 0.301 e. The van der Waals surface area contributed by atoms with Crippen LogP contribution in [-0.2, 0) is 16.2 Å². The van der Waals surface area contributed by atoms with Crippen LogP contribution >= 0.6 is 11.3 Å². The molecule has 1 atom stereocenters. The van der Waals surface area contributed by atoms with E-state index in [0.29, 0.717) is 52.2 Å². The molecule has 44 heavy (non-hydrogen) atoms. The highest BCUT2D eigenvalue weighted by Gasteiger charge is 2.48. The molecule has 1 unspecified atom stereocenters. The second-order valence-corrected chi connectivity index (χ2v) is 11.3. The number of thiazole rings is 1. The summed E-state index contributed by atoms with van der Waals surface area (Å²) in [6.07, 6.45) is 0. The third kappa shape index (κ3) is 5.49. The van der Waals surface area contributed by atoms with Gasteiger partial charge in [-0.25, -0.2) is 4.98 Å². The number of hydrogen-bond acceptors (Lipinski definition) is 8. The maximum absolute atomic E-state index is 13.7. The monoisotopic (exact) mass is 606 g/mol. The van der Waals surface area contributed by atoms with Crippen molar-refractivity contribution in [2.24, 2.45) is 0 Å². The first-order chi connectivity index (χ1) is 21.4. The number of hydrogen-bond donors (Lipinski definition) is 1. The summed E-state index contributed by atoms with van der Waals surface area (Å²) in [4.78, 5) is 33.6.